The van der Waals surface area contributed by atoms with Crippen molar-refractivity contribution >= 4 is 15.8 Å². The minimum Gasteiger partial charge on any atom is -0.376 e. The van der Waals surface area contributed by atoms with Crippen molar-refractivity contribution in [2.45, 2.75) is 42.6 Å². The Bertz CT molecular complexity index is 600. The summed E-state index contributed by atoms with van der Waals surface area (Å²) in [4.78, 5) is 4.51. The van der Waals surface area contributed by atoms with Crippen LogP contribution in [0.4, 0.5) is 5.82 Å². The molecule has 0 radical (unpaired) electrons. The van der Waals surface area contributed by atoms with Gasteiger partial charge in [0.1, 0.15) is 10.7 Å². The quantitative estimate of drug-likeness (QED) is 0.864. The third-order valence-electron chi connectivity index (χ3n) is 4.73. The Labute approximate surface area is 131 Å². The van der Waals surface area contributed by atoms with Crippen molar-refractivity contribution in [3.63, 3.8) is 0 Å². The maximum absolute atomic E-state index is 12.4. The van der Waals surface area contributed by atoms with Crippen LogP contribution in [0.1, 0.15) is 32.1 Å². The van der Waals surface area contributed by atoms with Crippen molar-refractivity contribution in [3.8, 4) is 0 Å². The molecule has 7 heteroatoms. The molecular formula is C15H23N3O3S. The summed E-state index contributed by atoms with van der Waals surface area (Å²) in [5.41, 5.74) is -0.0814. The van der Waals surface area contributed by atoms with Gasteiger partial charge in [0.2, 0.25) is 10.0 Å². The summed E-state index contributed by atoms with van der Waals surface area (Å²) in [5, 5.41) is 3.24. The van der Waals surface area contributed by atoms with E-state index in [4.69, 9.17) is 4.74 Å². The first kappa shape index (κ1) is 15.7. The lowest BCUT2D eigenvalue weighted by Crippen LogP contribution is -2.45. The summed E-state index contributed by atoms with van der Waals surface area (Å²) in [6.07, 6.45) is 6.61. The van der Waals surface area contributed by atoms with E-state index in [1.165, 1.54) is 16.9 Å². The molecule has 3 rings (SSSR count). The molecule has 2 fully saturated rings. The van der Waals surface area contributed by atoms with E-state index in [-0.39, 0.29) is 10.5 Å². The van der Waals surface area contributed by atoms with E-state index in [1.54, 1.807) is 19.2 Å². The van der Waals surface area contributed by atoms with Crippen LogP contribution in [-0.2, 0) is 14.8 Å². The number of nitrogens with zero attached hydrogens (tertiary/aromatic N) is 2. The fourth-order valence-electron chi connectivity index (χ4n) is 2.99. The molecule has 0 aromatic carbocycles. The number of hydrogen-bond acceptors (Lipinski definition) is 5. The zero-order valence-electron chi connectivity index (χ0n) is 12.9. The van der Waals surface area contributed by atoms with Crippen LogP contribution >= 0.6 is 0 Å². The van der Waals surface area contributed by atoms with Crippen LogP contribution in [0.3, 0.4) is 0 Å². The number of ether oxygens (including phenoxy) is 1. The Morgan fingerprint density at radius 1 is 1.27 bits per heavy atom. The predicted octanol–water partition coefficient (Wildman–Crippen LogP) is 1.85. The molecule has 2 aliphatic rings. The van der Waals surface area contributed by atoms with Crippen LogP contribution in [0.5, 0.6) is 0 Å². The van der Waals surface area contributed by atoms with Gasteiger partial charge in [-0.1, -0.05) is 0 Å². The SMILES string of the molecule is COC1(CNc2ccc(S(=O)(=O)N3CCCC3)cn2)CCC1. The van der Waals surface area contributed by atoms with E-state index in [0.29, 0.717) is 25.5 Å². The highest BCUT2D eigenvalue weighted by Crippen LogP contribution is 2.35. The average Bonchev–Trinajstić information content (AvgIpc) is 3.02. The lowest BCUT2D eigenvalue weighted by Gasteiger charge is -2.40. The predicted molar refractivity (Wildman–Crippen MR) is 84.3 cm³/mol. The van der Waals surface area contributed by atoms with Gasteiger partial charge in [0.15, 0.2) is 0 Å². The van der Waals surface area contributed by atoms with Crippen molar-refractivity contribution in [1.29, 1.82) is 0 Å². The topological polar surface area (TPSA) is 71.5 Å². The molecule has 1 N–H and O–H groups in total. The Morgan fingerprint density at radius 2 is 2.00 bits per heavy atom. The summed E-state index contributed by atoms with van der Waals surface area (Å²) in [5.74, 6) is 0.684. The van der Waals surface area contributed by atoms with Gasteiger partial charge in [-0.3, -0.25) is 0 Å². The first-order valence-corrected chi connectivity index (χ1v) is 9.25. The molecule has 0 bridgehead atoms. The number of aromatic nitrogens is 1. The van der Waals surface area contributed by atoms with Gasteiger partial charge in [-0.2, -0.15) is 4.31 Å². The van der Waals surface area contributed by atoms with Gasteiger partial charge in [0, 0.05) is 32.9 Å². The van der Waals surface area contributed by atoms with Gasteiger partial charge in [-0.25, -0.2) is 13.4 Å². The normalized spacial score (nSPS) is 21.5. The van der Waals surface area contributed by atoms with E-state index < -0.39 is 10.0 Å². The van der Waals surface area contributed by atoms with E-state index >= 15 is 0 Å². The monoisotopic (exact) mass is 325 g/mol. The average molecular weight is 325 g/mol. The molecule has 1 aromatic rings. The first-order chi connectivity index (χ1) is 10.6. The maximum atomic E-state index is 12.4. The maximum Gasteiger partial charge on any atom is 0.244 e. The van der Waals surface area contributed by atoms with Crippen molar-refractivity contribution in [1.82, 2.24) is 9.29 Å². The van der Waals surface area contributed by atoms with Crippen molar-refractivity contribution in [2.75, 3.05) is 32.1 Å². The molecule has 1 aromatic heterocycles. The number of pyridine rings is 1. The van der Waals surface area contributed by atoms with E-state index in [2.05, 4.69) is 10.3 Å². The summed E-state index contributed by atoms with van der Waals surface area (Å²) in [6.45, 7) is 1.92. The molecule has 0 amide bonds. The van der Waals surface area contributed by atoms with E-state index in [1.807, 2.05) is 0 Å². The van der Waals surface area contributed by atoms with Gasteiger partial charge < -0.3 is 10.1 Å². The standard InChI is InChI=1S/C15H23N3O3S/c1-21-15(7-4-8-15)12-17-14-6-5-13(11-16-14)22(19,20)18-9-2-3-10-18/h5-6,11H,2-4,7-10,12H2,1H3,(H,16,17). The Kier molecular flexibility index (Phi) is 4.38. The highest BCUT2D eigenvalue weighted by molar-refractivity contribution is 7.89. The summed E-state index contributed by atoms with van der Waals surface area (Å²) >= 11 is 0. The Hall–Kier alpha value is -1.18. The van der Waals surface area contributed by atoms with Crippen LogP contribution in [0, 0.1) is 0 Å². The zero-order valence-corrected chi connectivity index (χ0v) is 13.7. The molecule has 0 spiro atoms. The molecule has 0 atom stereocenters. The fourth-order valence-corrected chi connectivity index (χ4v) is 4.45. The molecule has 6 nitrogen and oxygen atoms in total. The second-order valence-electron chi connectivity index (χ2n) is 6.08. The minimum absolute atomic E-state index is 0.0814. The highest BCUT2D eigenvalue weighted by Gasteiger charge is 2.36. The molecule has 1 aliphatic carbocycles. The Morgan fingerprint density at radius 3 is 2.50 bits per heavy atom. The lowest BCUT2D eigenvalue weighted by molar-refractivity contribution is -0.0601. The van der Waals surface area contributed by atoms with Gasteiger partial charge in [-0.05, 0) is 44.2 Å². The van der Waals surface area contributed by atoms with Gasteiger partial charge in [0.25, 0.3) is 0 Å². The third kappa shape index (κ3) is 2.98. The molecule has 1 saturated heterocycles. The second-order valence-corrected chi connectivity index (χ2v) is 8.02. The molecule has 122 valence electrons. The summed E-state index contributed by atoms with van der Waals surface area (Å²) in [6, 6.07) is 3.36. The number of rotatable bonds is 6. The number of sulfonamides is 1. The van der Waals surface area contributed by atoms with Crippen LogP contribution in [0.25, 0.3) is 0 Å². The molecule has 22 heavy (non-hydrogen) atoms. The highest BCUT2D eigenvalue weighted by atomic mass is 32.2. The molecule has 1 aliphatic heterocycles. The summed E-state index contributed by atoms with van der Waals surface area (Å²) < 4.78 is 31.9. The van der Waals surface area contributed by atoms with Gasteiger partial charge >= 0.3 is 0 Å². The molecule has 1 saturated carbocycles. The second kappa shape index (κ2) is 6.14. The fraction of sp³-hybridized carbons (Fsp3) is 0.667. The largest absolute Gasteiger partial charge is 0.376 e. The van der Waals surface area contributed by atoms with Gasteiger partial charge in [-0.15, -0.1) is 0 Å². The summed E-state index contributed by atoms with van der Waals surface area (Å²) in [7, 11) is -1.64. The number of nitrogens with one attached hydrogen (secondary N) is 1. The number of methoxy groups -OCH3 is 1. The van der Waals surface area contributed by atoms with Crippen LogP contribution in [0.15, 0.2) is 23.2 Å². The smallest absolute Gasteiger partial charge is 0.244 e. The van der Waals surface area contributed by atoms with Crippen molar-refractivity contribution in [3.05, 3.63) is 18.3 Å². The van der Waals surface area contributed by atoms with Crippen LogP contribution < -0.4 is 5.32 Å². The van der Waals surface area contributed by atoms with E-state index in [0.717, 1.165) is 25.7 Å². The van der Waals surface area contributed by atoms with E-state index in [9.17, 15) is 8.42 Å². The number of hydrogen-bond donors (Lipinski definition) is 1. The van der Waals surface area contributed by atoms with Crippen LogP contribution in [-0.4, -0.2) is 50.1 Å². The minimum atomic E-state index is -3.38. The molecule has 2 heterocycles. The number of anilines is 1. The Balaban J connectivity index is 1.65. The van der Waals surface area contributed by atoms with Crippen LogP contribution in [0.2, 0.25) is 0 Å². The van der Waals surface area contributed by atoms with Crippen molar-refractivity contribution in [2.24, 2.45) is 0 Å². The molecular weight excluding hydrogens is 302 g/mol. The third-order valence-corrected chi connectivity index (χ3v) is 6.61. The van der Waals surface area contributed by atoms with Gasteiger partial charge in [0.05, 0.1) is 5.60 Å². The first-order valence-electron chi connectivity index (χ1n) is 7.81. The van der Waals surface area contributed by atoms with Crippen molar-refractivity contribution < 1.29 is 13.2 Å². The lowest BCUT2D eigenvalue weighted by atomic mass is 9.80. The molecule has 0 unspecified atom stereocenters. The zero-order chi connectivity index (χ0) is 15.6.